The zero-order chi connectivity index (χ0) is 29.3. The van der Waals surface area contributed by atoms with E-state index in [2.05, 4.69) is 15.0 Å². The van der Waals surface area contributed by atoms with E-state index in [4.69, 9.17) is 24.7 Å². The largest absolute Gasteiger partial charge is 0.457 e. The molecule has 2 fully saturated rings. The van der Waals surface area contributed by atoms with E-state index in [-0.39, 0.29) is 44.3 Å². The number of nitrogens with two attached hydrogens (primary N) is 1. The quantitative estimate of drug-likeness (QED) is 0.139. The van der Waals surface area contributed by atoms with Gasteiger partial charge in [0.2, 0.25) is 5.91 Å². The first-order valence-corrected chi connectivity index (χ1v) is 12.6. The smallest absolute Gasteiger partial charge is 0.329 e. The lowest BCUT2D eigenvalue weighted by molar-refractivity contribution is -0.790. The molecule has 3 N–H and O–H groups in total. The topological polar surface area (TPSA) is 231 Å². The van der Waals surface area contributed by atoms with Crippen molar-refractivity contribution in [2.24, 2.45) is 17.6 Å². The van der Waals surface area contributed by atoms with Crippen LogP contribution in [0, 0.1) is 32.1 Å². The van der Waals surface area contributed by atoms with Gasteiger partial charge in [0.15, 0.2) is 12.2 Å². The van der Waals surface area contributed by atoms with Gasteiger partial charge in [-0.2, -0.15) is 0 Å². The van der Waals surface area contributed by atoms with Crippen LogP contribution in [-0.4, -0.2) is 90.4 Å². The molecule has 222 valence electrons. The molecule has 0 aromatic heterocycles. The van der Waals surface area contributed by atoms with E-state index in [0.29, 0.717) is 0 Å². The first-order chi connectivity index (χ1) is 18.3. The Hall–Kier alpha value is -3.31. The summed E-state index contributed by atoms with van der Waals surface area (Å²) in [5, 5.41) is 21.3. The molecule has 17 nitrogen and oxygen atoms in total. The number of carbonyl (C=O) groups excluding carboxylic acids is 3. The van der Waals surface area contributed by atoms with Gasteiger partial charge in [0.1, 0.15) is 31.0 Å². The van der Waals surface area contributed by atoms with Gasteiger partial charge >= 0.3 is 11.9 Å². The third kappa shape index (κ3) is 9.74. The summed E-state index contributed by atoms with van der Waals surface area (Å²) in [5.41, 5.74) is 5.88. The maximum atomic E-state index is 12.9. The summed E-state index contributed by atoms with van der Waals surface area (Å²) in [6.45, 7) is 6.41. The lowest BCUT2D eigenvalue weighted by Gasteiger charge is -2.26. The van der Waals surface area contributed by atoms with Crippen LogP contribution in [0.5, 0.6) is 0 Å². The second-order valence-corrected chi connectivity index (χ2v) is 9.96. The molecular weight excluding hydrogens is 528 g/mol. The van der Waals surface area contributed by atoms with Crippen LogP contribution >= 0.6 is 0 Å². The molecule has 0 radical (unpaired) electrons. The molecular formula is C22H36N4O13. The van der Waals surface area contributed by atoms with Gasteiger partial charge in [0, 0.05) is 6.42 Å². The second kappa shape index (κ2) is 14.7. The van der Waals surface area contributed by atoms with Crippen molar-refractivity contribution in [3.05, 3.63) is 20.2 Å². The first kappa shape index (κ1) is 31.9. The number of hydrogen-bond donors (Lipinski definition) is 2. The van der Waals surface area contributed by atoms with Gasteiger partial charge < -0.3 is 39.7 Å². The SMILES string of the molecule is CC(C)C(N)C(=O)NC(C(=O)O[C@@H]1CO[C@H]2[C@@H]1OC[C@H]2OC(=O)CCCC(CO[N+](=O)[O-])O[N+](=O)[O-])C(C)C. The third-order valence-electron chi connectivity index (χ3n) is 6.26. The number of nitrogens with zero attached hydrogens (tertiary/aromatic N) is 2. The van der Waals surface area contributed by atoms with Crippen LogP contribution in [0.4, 0.5) is 0 Å². The van der Waals surface area contributed by atoms with Crippen molar-refractivity contribution in [2.75, 3.05) is 19.8 Å². The van der Waals surface area contributed by atoms with Gasteiger partial charge in [-0.15, -0.1) is 20.2 Å². The predicted octanol–water partition coefficient (Wildman–Crippen LogP) is -0.313. The summed E-state index contributed by atoms with van der Waals surface area (Å²) in [5.74, 6) is -2.18. The minimum atomic E-state index is -1.23. The molecule has 0 aliphatic carbocycles. The van der Waals surface area contributed by atoms with E-state index in [1.807, 2.05) is 0 Å². The van der Waals surface area contributed by atoms with Gasteiger partial charge in [0.25, 0.3) is 10.2 Å². The number of hydrogen-bond acceptors (Lipinski definition) is 14. The molecule has 39 heavy (non-hydrogen) atoms. The van der Waals surface area contributed by atoms with Crippen LogP contribution in [0.2, 0.25) is 0 Å². The third-order valence-corrected chi connectivity index (χ3v) is 6.26. The van der Waals surface area contributed by atoms with Crippen LogP contribution in [-0.2, 0) is 43.0 Å². The fourth-order valence-corrected chi connectivity index (χ4v) is 4.04. The summed E-state index contributed by atoms with van der Waals surface area (Å²) in [4.78, 5) is 66.8. The molecule has 2 rings (SSSR count). The average molecular weight is 565 g/mol. The summed E-state index contributed by atoms with van der Waals surface area (Å²) in [7, 11) is 0. The normalized spacial score (nSPS) is 24.4. The fourth-order valence-electron chi connectivity index (χ4n) is 4.04. The minimum absolute atomic E-state index is 0.00422. The second-order valence-electron chi connectivity index (χ2n) is 9.96. The molecule has 0 aromatic carbocycles. The monoisotopic (exact) mass is 564 g/mol. The van der Waals surface area contributed by atoms with Crippen molar-refractivity contribution in [3.63, 3.8) is 0 Å². The summed E-state index contributed by atoms with van der Waals surface area (Å²) in [6, 6.07) is -1.72. The Morgan fingerprint density at radius 2 is 1.56 bits per heavy atom. The van der Waals surface area contributed by atoms with E-state index in [1.165, 1.54) is 0 Å². The Kier molecular flexibility index (Phi) is 12.1. The predicted molar refractivity (Wildman–Crippen MR) is 127 cm³/mol. The fraction of sp³-hybridized carbons (Fsp3) is 0.864. The highest BCUT2D eigenvalue weighted by atomic mass is 17.0. The highest BCUT2D eigenvalue weighted by Crippen LogP contribution is 2.31. The number of rotatable bonds is 16. The van der Waals surface area contributed by atoms with Gasteiger partial charge in [-0.25, -0.2) is 4.79 Å². The Bertz CT molecular complexity index is 886. The van der Waals surface area contributed by atoms with Crippen LogP contribution in [0.1, 0.15) is 47.0 Å². The zero-order valence-electron chi connectivity index (χ0n) is 22.2. The van der Waals surface area contributed by atoms with Crippen molar-refractivity contribution >= 4 is 17.8 Å². The first-order valence-electron chi connectivity index (χ1n) is 12.6. The lowest BCUT2D eigenvalue weighted by atomic mass is 10.0. The molecule has 1 amide bonds. The summed E-state index contributed by atoms with van der Waals surface area (Å²) in [6.07, 6.45) is -4.32. The van der Waals surface area contributed by atoms with Crippen LogP contribution in [0.15, 0.2) is 0 Å². The average Bonchev–Trinajstić information content (AvgIpc) is 3.42. The lowest BCUT2D eigenvalue weighted by Crippen LogP contribution is -2.53. The van der Waals surface area contributed by atoms with Crippen molar-refractivity contribution in [3.8, 4) is 0 Å². The molecule has 2 heterocycles. The highest BCUT2D eigenvalue weighted by Gasteiger charge is 2.51. The Morgan fingerprint density at radius 1 is 0.974 bits per heavy atom. The molecule has 0 spiro atoms. The van der Waals surface area contributed by atoms with E-state index >= 15 is 0 Å². The van der Waals surface area contributed by atoms with Crippen molar-refractivity contribution in [1.29, 1.82) is 0 Å². The zero-order valence-corrected chi connectivity index (χ0v) is 22.2. The van der Waals surface area contributed by atoms with Crippen molar-refractivity contribution in [2.45, 2.75) is 89.6 Å². The molecule has 2 aliphatic rings. The van der Waals surface area contributed by atoms with Gasteiger partial charge in [-0.3, -0.25) is 9.59 Å². The highest BCUT2D eigenvalue weighted by molar-refractivity contribution is 5.87. The summed E-state index contributed by atoms with van der Waals surface area (Å²) < 4.78 is 22.4. The van der Waals surface area contributed by atoms with E-state index < -0.39 is 77.2 Å². The van der Waals surface area contributed by atoms with Crippen LogP contribution in [0.25, 0.3) is 0 Å². The molecule has 17 heteroatoms. The number of nitrogens with one attached hydrogen (secondary N) is 1. The number of carbonyl (C=O) groups is 3. The molecule has 0 bridgehead atoms. The van der Waals surface area contributed by atoms with Gasteiger partial charge in [-0.05, 0) is 24.7 Å². The standard InChI is InChI=1S/C22H36N4O13/c1-11(2)17(23)21(28)24-18(12(3)4)22(29)38-15-10-35-19-14(9-34-20(15)19)37-16(27)7-5-6-13(39-26(32)33)8-36-25(30)31/h11-15,17-20H,5-10,23H2,1-4H3,(H,24,28)/t13?,14-,15-,17?,18?,19-,20-/m1/s1. The maximum Gasteiger partial charge on any atom is 0.329 e. The van der Waals surface area contributed by atoms with Crippen LogP contribution in [0.3, 0.4) is 0 Å². The van der Waals surface area contributed by atoms with E-state index in [1.54, 1.807) is 27.7 Å². The molecule has 3 unspecified atom stereocenters. The Balaban J connectivity index is 1.84. The maximum absolute atomic E-state index is 12.9. The van der Waals surface area contributed by atoms with E-state index in [0.717, 1.165) is 0 Å². The van der Waals surface area contributed by atoms with Gasteiger partial charge in [-0.1, -0.05) is 27.7 Å². The number of ether oxygens (including phenoxy) is 4. The number of esters is 2. The van der Waals surface area contributed by atoms with Crippen molar-refractivity contribution in [1.82, 2.24) is 5.32 Å². The number of amides is 1. The minimum Gasteiger partial charge on any atom is -0.457 e. The molecule has 2 saturated heterocycles. The molecule has 2 aliphatic heterocycles. The Morgan fingerprint density at radius 3 is 2.08 bits per heavy atom. The molecule has 0 saturated carbocycles. The molecule has 0 aromatic rings. The Labute approximate surface area is 224 Å². The van der Waals surface area contributed by atoms with Gasteiger partial charge in [0.05, 0.1) is 19.3 Å². The van der Waals surface area contributed by atoms with Crippen LogP contribution < -0.4 is 11.1 Å². The van der Waals surface area contributed by atoms with Crippen molar-refractivity contribution < 1.29 is 53.2 Å². The number of fused-ring (bicyclic) bond motifs is 1. The van der Waals surface area contributed by atoms with E-state index in [9.17, 15) is 34.6 Å². The molecule has 7 atom stereocenters. The summed E-state index contributed by atoms with van der Waals surface area (Å²) >= 11 is 0.